The summed E-state index contributed by atoms with van der Waals surface area (Å²) in [5.41, 5.74) is 1.17. The Kier molecular flexibility index (Phi) is 5.41. The van der Waals surface area contributed by atoms with E-state index >= 15 is 0 Å². The lowest BCUT2D eigenvalue weighted by atomic mass is 10.3. The first-order chi connectivity index (χ1) is 12.0. The standard InChI is InChI=1S/C17H21N3O3S2/c1-14-7-12-24-16(14)13-18-17(21)19-8-10-20(11-9-19)25(22,23)15-5-3-2-4-6-15/h2-7,12H,8-11,13H2,1H3,(H,18,21). The van der Waals surface area contributed by atoms with Crippen molar-refractivity contribution in [2.75, 3.05) is 26.2 Å². The minimum Gasteiger partial charge on any atom is -0.333 e. The van der Waals surface area contributed by atoms with E-state index in [4.69, 9.17) is 0 Å². The number of benzene rings is 1. The van der Waals surface area contributed by atoms with Gasteiger partial charge in [0.25, 0.3) is 0 Å². The molecular formula is C17H21N3O3S2. The predicted molar refractivity (Wildman–Crippen MR) is 98.1 cm³/mol. The van der Waals surface area contributed by atoms with Crippen molar-refractivity contribution < 1.29 is 13.2 Å². The number of carbonyl (C=O) groups excluding carboxylic acids is 1. The number of piperazine rings is 1. The molecule has 0 spiro atoms. The van der Waals surface area contributed by atoms with Gasteiger partial charge in [0.05, 0.1) is 11.4 Å². The van der Waals surface area contributed by atoms with Crippen LogP contribution in [0.3, 0.4) is 0 Å². The van der Waals surface area contributed by atoms with Crippen molar-refractivity contribution in [3.63, 3.8) is 0 Å². The van der Waals surface area contributed by atoms with Gasteiger partial charge in [-0.2, -0.15) is 4.31 Å². The summed E-state index contributed by atoms with van der Waals surface area (Å²) in [5, 5.41) is 4.91. The Morgan fingerprint density at radius 1 is 1.12 bits per heavy atom. The molecule has 0 aliphatic carbocycles. The Hall–Kier alpha value is -1.90. The van der Waals surface area contributed by atoms with Crippen LogP contribution >= 0.6 is 11.3 Å². The van der Waals surface area contributed by atoms with E-state index in [2.05, 4.69) is 5.32 Å². The van der Waals surface area contributed by atoms with E-state index in [-0.39, 0.29) is 6.03 Å². The Morgan fingerprint density at radius 2 is 1.80 bits per heavy atom. The zero-order valence-corrected chi connectivity index (χ0v) is 15.6. The van der Waals surface area contributed by atoms with Crippen molar-refractivity contribution in [3.05, 3.63) is 52.2 Å². The number of amides is 2. The molecule has 0 bridgehead atoms. The molecule has 1 aliphatic rings. The monoisotopic (exact) mass is 379 g/mol. The van der Waals surface area contributed by atoms with Gasteiger partial charge in [0.2, 0.25) is 10.0 Å². The van der Waals surface area contributed by atoms with Crippen molar-refractivity contribution in [1.82, 2.24) is 14.5 Å². The third kappa shape index (κ3) is 4.02. The molecule has 1 aromatic heterocycles. The van der Waals surface area contributed by atoms with Gasteiger partial charge in [0.1, 0.15) is 0 Å². The van der Waals surface area contributed by atoms with Crippen LogP contribution in [-0.4, -0.2) is 49.8 Å². The number of hydrogen-bond acceptors (Lipinski definition) is 4. The fourth-order valence-corrected chi connectivity index (χ4v) is 5.02. The summed E-state index contributed by atoms with van der Waals surface area (Å²) < 4.78 is 26.6. The molecule has 0 saturated carbocycles. The number of hydrogen-bond donors (Lipinski definition) is 1. The Labute approximate surface area is 152 Å². The van der Waals surface area contributed by atoms with E-state index in [1.807, 2.05) is 18.4 Å². The van der Waals surface area contributed by atoms with Crippen molar-refractivity contribution in [1.29, 1.82) is 0 Å². The number of sulfonamides is 1. The largest absolute Gasteiger partial charge is 0.333 e. The first-order valence-corrected chi connectivity index (χ1v) is 10.4. The molecule has 6 nitrogen and oxygen atoms in total. The van der Waals surface area contributed by atoms with E-state index < -0.39 is 10.0 Å². The number of carbonyl (C=O) groups is 1. The Bertz CT molecular complexity index is 826. The first-order valence-electron chi connectivity index (χ1n) is 8.09. The van der Waals surface area contributed by atoms with Gasteiger partial charge in [-0.3, -0.25) is 0 Å². The highest BCUT2D eigenvalue weighted by atomic mass is 32.2. The number of nitrogens with one attached hydrogen (secondary N) is 1. The topological polar surface area (TPSA) is 69.7 Å². The molecule has 0 atom stereocenters. The highest BCUT2D eigenvalue weighted by molar-refractivity contribution is 7.89. The highest BCUT2D eigenvalue weighted by Gasteiger charge is 2.29. The van der Waals surface area contributed by atoms with Gasteiger partial charge in [-0.1, -0.05) is 18.2 Å². The van der Waals surface area contributed by atoms with Gasteiger partial charge in [0.15, 0.2) is 0 Å². The van der Waals surface area contributed by atoms with Crippen LogP contribution in [0, 0.1) is 6.92 Å². The van der Waals surface area contributed by atoms with Crippen LogP contribution in [0.1, 0.15) is 10.4 Å². The molecule has 1 saturated heterocycles. The molecule has 8 heteroatoms. The molecule has 0 radical (unpaired) electrons. The van der Waals surface area contributed by atoms with Crippen LogP contribution < -0.4 is 5.32 Å². The predicted octanol–water partition coefficient (Wildman–Crippen LogP) is 2.27. The minimum absolute atomic E-state index is 0.149. The van der Waals surface area contributed by atoms with Gasteiger partial charge in [-0.25, -0.2) is 13.2 Å². The van der Waals surface area contributed by atoms with Gasteiger partial charge >= 0.3 is 6.03 Å². The maximum absolute atomic E-state index is 12.6. The van der Waals surface area contributed by atoms with E-state index in [1.165, 1.54) is 9.87 Å². The minimum atomic E-state index is -3.49. The molecule has 2 amide bonds. The smallest absolute Gasteiger partial charge is 0.317 e. The molecule has 1 fully saturated rings. The third-order valence-corrected chi connectivity index (χ3v) is 7.21. The molecule has 2 heterocycles. The summed E-state index contributed by atoms with van der Waals surface area (Å²) in [4.78, 5) is 15.4. The van der Waals surface area contributed by atoms with E-state index in [0.717, 1.165) is 4.88 Å². The quantitative estimate of drug-likeness (QED) is 0.886. The Balaban J connectivity index is 1.55. The fourth-order valence-electron chi connectivity index (χ4n) is 2.73. The number of urea groups is 1. The molecular weight excluding hydrogens is 358 g/mol. The lowest BCUT2D eigenvalue weighted by Crippen LogP contribution is -2.52. The van der Waals surface area contributed by atoms with Crippen LogP contribution in [0.15, 0.2) is 46.7 Å². The Morgan fingerprint density at radius 3 is 2.40 bits per heavy atom. The van der Waals surface area contributed by atoms with Gasteiger partial charge < -0.3 is 10.2 Å². The van der Waals surface area contributed by atoms with Crippen molar-refractivity contribution in [2.45, 2.75) is 18.4 Å². The average Bonchev–Trinajstić information content (AvgIpc) is 3.05. The molecule has 134 valence electrons. The summed E-state index contributed by atoms with van der Waals surface area (Å²) in [7, 11) is -3.49. The van der Waals surface area contributed by atoms with E-state index in [1.54, 1.807) is 46.6 Å². The maximum atomic E-state index is 12.6. The van der Waals surface area contributed by atoms with Crippen LogP contribution in [0.25, 0.3) is 0 Å². The first kappa shape index (κ1) is 17.9. The second-order valence-corrected chi connectivity index (χ2v) is 8.83. The molecule has 25 heavy (non-hydrogen) atoms. The van der Waals surface area contributed by atoms with E-state index in [0.29, 0.717) is 37.6 Å². The second-order valence-electron chi connectivity index (χ2n) is 5.89. The average molecular weight is 380 g/mol. The second kappa shape index (κ2) is 7.55. The van der Waals surface area contributed by atoms with Gasteiger partial charge in [-0.15, -0.1) is 11.3 Å². The molecule has 1 N–H and O–H groups in total. The SMILES string of the molecule is Cc1ccsc1CNC(=O)N1CCN(S(=O)(=O)c2ccccc2)CC1. The van der Waals surface area contributed by atoms with Gasteiger partial charge in [0, 0.05) is 31.1 Å². The van der Waals surface area contributed by atoms with Crippen LogP contribution in [0.4, 0.5) is 4.79 Å². The van der Waals surface area contributed by atoms with Crippen molar-refractivity contribution in [3.8, 4) is 0 Å². The molecule has 0 unspecified atom stereocenters. The molecule has 1 aromatic carbocycles. The summed E-state index contributed by atoms with van der Waals surface area (Å²) in [6.45, 7) is 3.92. The third-order valence-electron chi connectivity index (χ3n) is 4.28. The molecule has 1 aliphatic heterocycles. The van der Waals surface area contributed by atoms with Crippen LogP contribution in [0.5, 0.6) is 0 Å². The summed E-state index contributed by atoms with van der Waals surface area (Å²) >= 11 is 1.62. The summed E-state index contributed by atoms with van der Waals surface area (Å²) in [6, 6.07) is 10.3. The fraction of sp³-hybridized carbons (Fsp3) is 0.353. The molecule has 2 aromatic rings. The highest BCUT2D eigenvalue weighted by Crippen LogP contribution is 2.18. The number of aryl methyl sites for hydroxylation is 1. The van der Waals surface area contributed by atoms with Crippen molar-refractivity contribution in [2.24, 2.45) is 0 Å². The van der Waals surface area contributed by atoms with Gasteiger partial charge in [-0.05, 0) is 36.1 Å². The summed E-state index contributed by atoms with van der Waals surface area (Å²) in [5.74, 6) is 0. The number of nitrogens with zero attached hydrogens (tertiary/aromatic N) is 2. The zero-order chi connectivity index (χ0) is 17.9. The number of thiophene rings is 1. The number of rotatable bonds is 4. The van der Waals surface area contributed by atoms with Crippen LogP contribution in [-0.2, 0) is 16.6 Å². The normalized spacial score (nSPS) is 16.0. The van der Waals surface area contributed by atoms with Crippen molar-refractivity contribution >= 4 is 27.4 Å². The lowest BCUT2D eigenvalue weighted by Gasteiger charge is -2.34. The zero-order valence-electron chi connectivity index (χ0n) is 14.0. The van der Waals surface area contributed by atoms with E-state index in [9.17, 15) is 13.2 Å². The molecule has 3 rings (SSSR count). The summed E-state index contributed by atoms with van der Waals surface area (Å²) in [6.07, 6.45) is 0. The van der Waals surface area contributed by atoms with Crippen LogP contribution in [0.2, 0.25) is 0 Å². The maximum Gasteiger partial charge on any atom is 0.317 e. The lowest BCUT2D eigenvalue weighted by molar-refractivity contribution is 0.172.